The number of hydrogen-bond acceptors (Lipinski definition) is 1. The van der Waals surface area contributed by atoms with Gasteiger partial charge in [-0.3, -0.25) is 4.98 Å². The molecule has 12 rings (SSSR count). The highest BCUT2D eigenvalue weighted by Crippen LogP contribution is 2.45. The van der Waals surface area contributed by atoms with Gasteiger partial charge < -0.3 is 9.13 Å². The second-order valence-electron chi connectivity index (χ2n) is 16.3. The lowest BCUT2D eigenvalue weighted by molar-refractivity contribution is 1.10. The number of rotatable bonds is 7. The highest BCUT2D eigenvalue weighted by Gasteiger charge is 2.24. The van der Waals surface area contributed by atoms with Gasteiger partial charge in [-0.1, -0.05) is 170 Å². The number of aromatic nitrogens is 3. The highest BCUT2D eigenvalue weighted by molar-refractivity contribution is 6.14. The molecule has 0 unspecified atom stereocenters. The average Bonchev–Trinajstić information content (AvgIpc) is 3.88. The van der Waals surface area contributed by atoms with E-state index < -0.39 is 0 Å². The lowest BCUT2D eigenvalue weighted by Crippen LogP contribution is -2.04. The number of fused-ring (bicyclic) bond motifs is 6. The Bertz CT molecular complexity index is 3560. The summed E-state index contributed by atoms with van der Waals surface area (Å²) in [5, 5.41) is 4.59. The van der Waals surface area contributed by atoms with Gasteiger partial charge in [0.05, 0.1) is 40.0 Å². The van der Waals surface area contributed by atoms with E-state index in [1.54, 1.807) is 12.4 Å². The molecule has 3 aromatic heterocycles. The van der Waals surface area contributed by atoms with Crippen LogP contribution in [0.4, 0.5) is 5.69 Å². The molecule has 0 amide bonds. The Hall–Kier alpha value is -8.78. The summed E-state index contributed by atoms with van der Waals surface area (Å²) in [5.41, 5.74) is 17.6. The normalized spacial score (nSPS) is 11.4. The highest BCUT2D eigenvalue weighted by atomic mass is 15.1. The summed E-state index contributed by atoms with van der Waals surface area (Å²) >= 11 is 0. The van der Waals surface area contributed by atoms with Crippen LogP contribution in [0.25, 0.3) is 115 Å². The Morgan fingerprint density at radius 2 is 0.641 bits per heavy atom. The lowest BCUT2D eigenvalue weighted by Gasteiger charge is -2.20. The van der Waals surface area contributed by atoms with Crippen LogP contribution < -0.4 is 0 Å². The molecular formula is C60H38N4. The quantitative estimate of drug-likeness (QED) is 0.147. The van der Waals surface area contributed by atoms with Crippen molar-refractivity contribution in [1.29, 1.82) is 0 Å². The number of hydrogen-bond donors (Lipinski definition) is 0. The molecule has 64 heavy (non-hydrogen) atoms. The third kappa shape index (κ3) is 6.18. The molecule has 0 radical (unpaired) electrons. The molecule has 0 aliphatic heterocycles. The van der Waals surface area contributed by atoms with Crippen LogP contribution in [0.1, 0.15) is 0 Å². The zero-order valence-electron chi connectivity index (χ0n) is 34.7. The van der Waals surface area contributed by atoms with E-state index >= 15 is 0 Å². The largest absolute Gasteiger partial charge is 0.308 e. The predicted octanol–water partition coefficient (Wildman–Crippen LogP) is 16.2. The second-order valence-corrected chi connectivity index (χ2v) is 16.3. The van der Waals surface area contributed by atoms with Crippen LogP contribution >= 0.6 is 0 Å². The number of pyridine rings is 1. The summed E-state index contributed by atoms with van der Waals surface area (Å²) in [7, 11) is 0. The maximum absolute atomic E-state index is 8.72. The van der Waals surface area contributed by atoms with E-state index in [0.29, 0.717) is 5.69 Å². The third-order valence-corrected chi connectivity index (χ3v) is 12.6. The molecule has 0 N–H and O–H groups in total. The SMILES string of the molecule is [C-]#[N+]c1cc(-n2c3cc(-c4ccccc4)ccc3c3ccc(-c4ccccc4)cc32)c(-n2c3cc(-c4ccccc4)ccc3c3ccc(-c4ccccc4)cc32)cc1-c1ccncc1. The average molecular weight is 815 g/mol. The fourth-order valence-corrected chi connectivity index (χ4v) is 9.58. The van der Waals surface area contributed by atoms with Crippen LogP contribution in [0.5, 0.6) is 0 Å². The van der Waals surface area contributed by atoms with Crippen molar-refractivity contribution in [1.82, 2.24) is 14.1 Å². The Morgan fingerprint density at radius 1 is 0.312 bits per heavy atom. The van der Waals surface area contributed by atoms with Crippen LogP contribution in [0.2, 0.25) is 0 Å². The zero-order chi connectivity index (χ0) is 42.6. The molecule has 298 valence electrons. The molecule has 4 nitrogen and oxygen atoms in total. The minimum atomic E-state index is 0.564. The van der Waals surface area contributed by atoms with E-state index in [0.717, 1.165) is 111 Å². The van der Waals surface area contributed by atoms with Crippen molar-refractivity contribution in [3.8, 4) is 67.0 Å². The van der Waals surface area contributed by atoms with Gasteiger partial charge in [0.2, 0.25) is 0 Å². The van der Waals surface area contributed by atoms with Gasteiger partial charge in [0.25, 0.3) is 0 Å². The van der Waals surface area contributed by atoms with Crippen LogP contribution in [-0.4, -0.2) is 14.1 Å². The van der Waals surface area contributed by atoms with E-state index in [1.807, 2.05) is 12.1 Å². The van der Waals surface area contributed by atoms with Crippen molar-refractivity contribution in [2.75, 3.05) is 0 Å². The topological polar surface area (TPSA) is 27.1 Å². The molecule has 0 bridgehead atoms. The third-order valence-electron chi connectivity index (χ3n) is 12.6. The Labute approximate surface area is 371 Å². The van der Waals surface area contributed by atoms with Crippen molar-refractivity contribution in [2.24, 2.45) is 0 Å². The molecular weight excluding hydrogens is 777 g/mol. The van der Waals surface area contributed by atoms with E-state index in [2.05, 4.69) is 225 Å². The molecule has 0 aliphatic carbocycles. The lowest BCUT2D eigenvalue weighted by atomic mass is 10.0. The van der Waals surface area contributed by atoms with E-state index in [1.165, 1.54) is 0 Å². The first kappa shape index (κ1) is 37.0. The van der Waals surface area contributed by atoms with Crippen LogP contribution in [0.15, 0.2) is 231 Å². The molecule has 12 aromatic rings. The van der Waals surface area contributed by atoms with Crippen LogP contribution in [-0.2, 0) is 0 Å². The molecule has 0 fully saturated rings. The van der Waals surface area contributed by atoms with Crippen LogP contribution in [0.3, 0.4) is 0 Å². The first-order chi connectivity index (χ1) is 31.7. The van der Waals surface area contributed by atoms with Gasteiger partial charge >= 0.3 is 0 Å². The monoisotopic (exact) mass is 814 g/mol. The van der Waals surface area contributed by atoms with Gasteiger partial charge in [-0.05, 0) is 104 Å². The van der Waals surface area contributed by atoms with Gasteiger partial charge in [-0.2, -0.15) is 0 Å². The first-order valence-electron chi connectivity index (χ1n) is 21.5. The van der Waals surface area contributed by atoms with Crippen LogP contribution in [0, 0.1) is 6.57 Å². The van der Waals surface area contributed by atoms with Gasteiger partial charge in [0.15, 0.2) is 5.69 Å². The molecule has 0 aliphatic rings. The standard InChI is InChI=1S/C60H38N4/c1-61-54-39-60(64-57-36-47(42-18-10-4-11-19-42)24-28-51(57)52-29-25-48(37-58(52)64)43-20-12-5-13-21-43)59(38-53(54)44-30-32-62-33-31-44)63-55-34-45(40-14-6-2-7-15-40)22-26-49(55)50-27-23-46(35-56(50)63)41-16-8-3-9-17-41/h2-39H. The minimum Gasteiger partial charge on any atom is -0.308 e. The van der Waals surface area contributed by atoms with Gasteiger partial charge in [-0.25, -0.2) is 4.85 Å². The van der Waals surface area contributed by atoms with Gasteiger partial charge in [-0.15, -0.1) is 0 Å². The van der Waals surface area contributed by atoms with E-state index in [4.69, 9.17) is 6.57 Å². The second kappa shape index (κ2) is 15.3. The fourth-order valence-electron chi connectivity index (χ4n) is 9.58. The number of benzene rings is 9. The maximum atomic E-state index is 8.72. The summed E-state index contributed by atoms with van der Waals surface area (Å²) < 4.78 is 4.85. The molecule has 0 saturated carbocycles. The summed E-state index contributed by atoms with van der Waals surface area (Å²) in [4.78, 5) is 8.63. The van der Waals surface area contributed by atoms with Crippen molar-refractivity contribution in [3.05, 3.63) is 242 Å². The molecule has 3 heterocycles. The molecule has 9 aromatic carbocycles. The molecule has 0 spiro atoms. The van der Waals surface area contributed by atoms with Crippen molar-refractivity contribution < 1.29 is 0 Å². The zero-order valence-corrected chi connectivity index (χ0v) is 34.7. The summed E-state index contributed by atoms with van der Waals surface area (Å²) in [6, 6.07) is 78.0. The summed E-state index contributed by atoms with van der Waals surface area (Å²) in [5.74, 6) is 0. The number of nitrogens with zero attached hydrogens (tertiary/aromatic N) is 4. The van der Waals surface area contributed by atoms with Crippen molar-refractivity contribution in [3.63, 3.8) is 0 Å². The van der Waals surface area contributed by atoms with E-state index in [-0.39, 0.29) is 0 Å². The summed E-state index contributed by atoms with van der Waals surface area (Å²) in [6.07, 6.45) is 3.61. The van der Waals surface area contributed by atoms with Crippen molar-refractivity contribution >= 4 is 49.3 Å². The Morgan fingerprint density at radius 3 is 0.969 bits per heavy atom. The summed E-state index contributed by atoms with van der Waals surface area (Å²) in [6.45, 7) is 8.72. The molecule has 0 saturated heterocycles. The Kier molecular flexibility index (Phi) is 8.84. The first-order valence-corrected chi connectivity index (χ1v) is 21.5. The molecule has 0 atom stereocenters. The Balaban J connectivity index is 1.26. The van der Waals surface area contributed by atoms with Gasteiger partial charge in [0.1, 0.15) is 0 Å². The maximum Gasteiger partial charge on any atom is 0.197 e. The predicted molar refractivity (Wildman–Crippen MR) is 266 cm³/mol. The fraction of sp³-hybridized carbons (Fsp3) is 0. The molecule has 4 heteroatoms. The van der Waals surface area contributed by atoms with Gasteiger partial charge in [0, 0.05) is 33.9 Å². The smallest absolute Gasteiger partial charge is 0.197 e. The van der Waals surface area contributed by atoms with E-state index in [9.17, 15) is 0 Å². The van der Waals surface area contributed by atoms with Crippen molar-refractivity contribution in [2.45, 2.75) is 0 Å². The minimum absolute atomic E-state index is 0.564.